The molecule has 0 aromatic carbocycles. The zero-order valence-electron chi connectivity index (χ0n) is 6.97. The molecule has 0 saturated carbocycles. The molecule has 11 heavy (non-hydrogen) atoms. The number of amides is 1. The largest absolute Gasteiger partial charge is 0.369 e. The van der Waals surface area contributed by atoms with Crippen LogP contribution >= 0.6 is 0 Å². The van der Waals surface area contributed by atoms with Crippen LogP contribution in [0.15, 0.2) is 0 Å². The fraction of sp³-hybridized carbons (Fsp3) is 0.750. The van der Waals surface area contributed by atoms with Crippen molar-refractivity contribution in [3.63, 3.8) is 0 Å². The highest BCUT2D eigenvalue weighted by molar-refractivity contribution is 5.88. The summed E-state index contributed by atoms with van der Waals surface area (Å²) in [6, 6.07) is 0. The van der Waals surface area contributed by atoms with Crippen molar-refractivity contribution < 1.29 is 4.79 Å². The SMILES string of the molecule is C[C](CN1CCCC1)C(N)=O. The molecular formula is C8H15N2O. The van der Waals surface area contributed by atoms with Crippen molar-refractivity contribution in [2.75, 3.05) is 19.6 Å². The summed E-state index contributed by atoms with van der Waals surface area (Å²) < 4.78 is 0. The van der Waals surface area contributed by atoms with E-state index in [0.29, 0.717) is 0 Å². The van der Waals surface area contributed by atoms with Gasteiger partial charge in [-0.2, -0.15) is 0 Å². The predicted octanol–water partition coefficient (Wildman–Crippen LogP) is 0.162. The fourth-order valence-corrected chi connectivity index (χ4v) is 1.35. The van der Waals surface area contributed by atoms with Gasteiger partial charge >= 0.3 is 0 Å². The summed E-state index contributed by atoms with van der Waals surface area (Å²) in [5.41, 5.74) is 5.11. The first-order chi connectivity index (χ1) is 5.20. The van der Waals surface area contributed by atoms with Crippen LogP contribution < -0.4 is 5.73 Å². The predicted molar refractivity (Wildman–Crippen MR) is 43.8 cm³/mol. The van der Waals surface area contributed by atoms with Crippen molar-refractivity contribution in [3.8, 4) is 0 Å². The van der Waals surface area contributed by atoms with Gasteiger partial charge in [-0.1, -0.05) is 0 Å². The zero-order valence-corrected chi connectivity index (χ0v) is 6.97. The van der Waals surface area contributed by atoms with E-state index in [9.17, 15) is 4.79 Å². The van der Waals surface area contributed by atoms with Crippen LogP contribution in [0.1, 0.15) is 19.8 Å². The Bertz CT molecular complexity index is 141. The fourth-order valence-electron chi connectivity index (χ4n) is 1.35. The number of primary amides is 1. The van der Waals surface area contributed by atoms with Gasteiger partial charge in [-0.3, -0.25) is 4.79 Å². The summed E-state index contributed by atoms with van der Waals surface area (Å²) in [5, 5.41) is 0. The van der Waals surface area contributed by atoms with Gasteiger partial charge in [0.15, 0.2) is 0 Å². The zero-order chi connectivity index (χ0) is 8.27. The lowest BCUT2D eigenvalue weighted by Gasteiger charge is -2.16. The third-order valence-corrected chi connectivity index (χ3v) is 2.08. The van der Waals surface area contributed by atoms with Crippen LogP contribution in [0.3, 0.4) is 0 Å². The second kappa shape index (κ2) is 3.72. The number of hydrogen-bond donors (Lipinski definition) is 1. The summed E-state index contributed by atoms with van der Waals surface area (Å²) in [7, 11) is 0. The molecule has 3 heteroatoms. The summed E-state index contributed by atoms with van der Waals surface area (Å²) in [6.07, 6.45) is 2.51. The topological polar surface area (TPSA) is 46.3 Å². The molecule has 1 radical (unpaired) electrons. The molecule has 2 N–H and O–H groups in total. The number of likely N-dealkylation sites (tertiary alicyclic amines) is 1. The minimum Gasteiger partial charge on any atom is -0.369 e. The van der Waals surface area contributed by atoms with Gasteiger partial charge in [-0.25, -0.2) is 0 Å². The number of nitrogens with two attached hydrogens (primary N) is 1. The van der Waals surface area contributed by atoms with Crippen LogP contribution in [0.4, 0.5) is 0 Å². The van der Waals surface area contributed by atoms with E-state index < -0.39 is 0 Å². The van der Waals surface area contributed by atoms with Gasteiger partial charge in [0.2, 0.25) is 5.91 Å². The molecular weight excluding hydrogens is 140 g/mol. The molecule has 1 amide bonds. The van der Waals surface area contributed by atoms with Gasteiger partial charge in [-0.05, 0) is 32.9 Å². The monoisotopic (exact) mass is 155 g/mol. The Morgan fingerprint density at radius 3 is 2.45 bits per heavy atom. The molecule has 0 aromatic heterocycles. The maximum absolute atomic E-state index is 10.6. The Morgan fingerprint density at radius 1 is 1.45 bits per heavy atom. The maximum Gasteiger partial charge on any atom is 0.225 e. The normalized spacial score (nSPS) is 19.5. The van der Waals surface area contributed by atoms with E-state index in [0.717, 1.165) is 25.6 Å². The molecule has 0 bridgehead atoms. The lowest BCUT2D eigenvalue weighted by atomic mass is 10.1. The average Bonchev–Trinajstić information content (AvgIpc) is 2.39. The summed E-state index contributed by atoms with van der Waals surface area (Å²) >= 11 is 0. The van der Waals surface area contributed by atoms with E-state index in [1.165, 1.54) is 12.8 Å². The van der Waals surface area contributed by atoms with E-state index in [-0.39, 0.29) is 5.91 Å². The average molecular weight is 155 g/mol. The van der Waals surface area contributed by atoms with Crippen LogP contribution in [0.25, 0.3) is 0 Å². The van der Waals surface area contributed by atoms with Crippen LogP contribution in [-0.2, 0) is 4.79 Å². The van der Waals surface area contributed by atoms with Crippen molar-refractivity contribution in [2.24, 2.45) is 5.73 Å². The van der Waals surface area contributed by atoms with Crippen molar-refractivity contribution in [3.05, 3.63) is 5.92 Å². The first-order valence-electron chi connectivity index (χ1n) is 4.05. The van der Waals surface area contributed by atoms with Crippen LogP contribution in [0.2, 0.25) is 0 Å². The molecule has 0 unspecified atom stereocenters. The molecule has 0 aromatic rings. The third-order valence-electron chi connectivity index (χ3n) is 2.08. The number of carbonyl (C=O) groups excluding carboxylic acids is 1. The number of carbonyl (C=O) groups is 1. The van der Waals surface area contributed by atoms with Crippen LogP contribution in [0, 0.1) is 5.92 Å². The van der Waals surface area contributed by atoms with E-state index in [1.807, 2.05) is 0 Å². The van der Waals surface area contributed by atoms with Crippen LogP contribution in [0.5, 0.6) is 0 Å². The number of rotatable bonds is 3. The van der Waals surface area contributed by atoms with Crippen molar-refractivity contribution in [2.45, 2.75) is 19.8 Å². The van der Waals surface area contributed by atoms with Gasteiger partial charge in [0.05, 0.1) is 5.92 Å². The summed E-state index contributed by atoms with van der Waals surface area (Å²) in [5.74, 6) is 0.504. The first kappa shape index (κ1) is 8.53. The summed E-state index contributed by atoms with van der Waals surface area (Å²) in [6.45, 7) is 4.80. The molecule has 0 spiro atoms. The van der Waals surface area contributed by atoms with E-state index in [2.05, 4.69) is 4.90 Å². The third kappa shape index (κ3) is 2.50. The standard InChI is InChI=1S/C8H15N2O/c1-7(8(9)11)6-10-4-2-3-5-10/h2-6H2,1H3,(H2,9,11). The molecule has 1 heterocycles. The highest BCUT2D eigenvalue weighted by Gasteiger charge is 2.17. The summed E-state index contributed by atoms with van der Waals surface area (Å²) in [4.78, 5) is 12.9. The Morgan fingerprint density at radius 2 is 2.00 bits per heavy atom. The quantitative estimate of drug-likeness (QED) is 0.631. The molecule has 1 aliphatic rings. The minimum absolute atomic E-state index is 0.267. The molecule has 0 atom stereocenters. The van der Waals surface area contributed by atoms with Gasteiger partial charge < -0.3 is 10.6 Å². The molecule has 3 nitrogen and oxygen atoms in total. The second-order valence-corrected chi connectivity index (χ2v) is 3.13. The van der Waals surface area contributed by atoms with Gasteiger partial charge in [0, 0.05) is 6.54 Å². The van der Waals surface area contributed by atoms with Crippen molar-refractivity contribution >= 4 is 5.91 Å². The number of hydrogen-bond acceptors (Lipinski definition) is 2. The van der Waals surface area contributed by atoms with Crippen molar-refractivity contribution in [1.82, 2.24) is 4.90 Å². The van der Waals surface area contributed by atoms with Crippen molar-refractivity contribution in [1.29, 1.82) is 0 Å². The van der Waals surface area contributed by atoms with E-state index in [4.69, 9.17) is 5.73 Å². The second-order valence-electron chi connectivity index (χ2n) is 3.13. The van der Waals surface area contributed by atoms with E-state index in [1.54, 1.807) is 6.92 Å². The molecule has 1 fully saturated rings. The van der Waals surface area contributed by atoms with E-state index >= 15 is 0 Å². The van der Waals surface area contributed by atoms with Gasteiger partial charge in [0.1, 0.15) is 0 Å². The van der Waals surface area contributed by atoms with Crippen LogP contribution in [-0.4, -0.2) is 30.4 Å². The minimum atomic E-state index is -0.267. The first-order valence-corrected chi connectivity index (χ1v) is 4.05. The maximum atomic E-state index is 10.6. The molecule has 1 rings (SSSR count). The smallest absolute Gasteiger partial charge is 0.225 e. The van der Waals surface area contributed by atoms with Gasteiger partial charge in [0.25, 0.3) is 0 Å². The Kier molecular flexibility index (Phi) is 2.88. The molecule has 63 valence electrons. The molecule has 1 aliphatic heterocycles. The molecule has 1 saturated heterocycles. The Hall–Kier alpha value is -0.570. The highest BCUT2D eigenvalue weighted by atomic mass is 16.1. The lowest BCUT2D eigenvalue weighted by Crippen LogP contribution is -2.31. The lowest BCUT2D eigenvalue weighted by molar-refractivity contribution is -0.116. The Labute approximate surface area is 67.5 Å². The Balaban J connectivity index is 2.23. The highest BCUT2D eigenvalue weighted by Crippen LogP contribution is 2.10. The van der Waals surface area contributed by atoms with Gasteiger partial charge in [-0.15, -0.1) is 0 Å². The number of nitrogens with zero attached hydrogens (tertiary/aromatic N) is 1. The molecule has 0 aliphatic carbocycles.